The molecule has 2 aliphatic rings. The number of hydrogen-bond acceptors (Lipinski definition) is 3. The molecule has 1 aromatic rings. The van der Waals surface area contributed by atoms with E-state index in [1.807, 2.05) is 6.07 Å². The van der Waals surface area contributed by atoms with Gasteiger partial charge in [0.1, 0.15) is 0 Å². The van der Waals surface area contributed by atoms with Gasteiger partial charge in [-0.1, -0.05) is 24.3 Å². The van der Waals surface area contributed by atoms with Crippen molar-refractivity contribution in [2.45, 2.75) is 37.7 Å². The van der Waals surface area contributed by atoms with E-state index in [9.17, 15) is 5.11 Å². The molecule has 3 heteroatoms. The maximum Gasteiger partial charge on any atom is 0.0990 e. The van der Waals surface area contributed by atoms with E-state index in [2.05, 4.69) is 18.2 Å². The average molecular weight is 261 g/mol. The fraction of sp³-hybridized carbons (Fsp3) is 0.625. The van der Waals surface area contributed by atoms with Gasteiger partial charge < -0.3 is 15.6 Å². The molecule has 3 nitrogen and oxygen atoms in total. The number of aliphatic hydroxyl groups is 1. The summed E-state index contributed by atoms with van der Waals surface area (Å²) in [5.41, 5.74) is 7.28. The molecule has 1 fully saturated rings. The summed E-state index contributed by atoms with van der Waals surface area (Å²) in [7, 11) is 0. The van der Waals surface area contributed by atoms with E-state index in [0.29, 0.717) is 19.8 Å². The molecule has 0 aromatic heterocycles. The van der Waals surface area contributed by atoms with Crippen molar-refractivity contribution in [1.82, 2.24) is 0 Å². The molecule has 2 atom stereocenters. The van der Waals surface area contributed by atoms with Crippen molar-refractivity contribution in [1.29, 1.82) is 0 Å². The van der Waals surface area contributed by atoms with Gasteiger partial charge in [-0.25, -0.2) is 0 Å². The normalized spacial score (nSPS) is 34.8. The molecule has 19 heavy (non-hydrogen) atoms. The third-order valence-corrected chi connectivity index (χ3v) is 5.07. The third kappa shape index (κ3) is 1.92. The minimum absolute atomic E-state index is 0.312. The lowest BCUT2D eigenvalue weighted by Crippen LogP contribution is -2.51. The first-order valence-corrected chi connectivity index (χ1v) is 7.30. The fourth-order valence-electron chi connectivity index (χ4n) is 3.79. The van der Waals surface area contributed by atoms with Gasteiger partial charge in [0.25, 0.3) is 0 Å². The molecule has 3 rings (SSSR count). The first-order chi connectivity index (χ1) is 9.22. The molecule has 2 unspecified atom stereocenters. The number of nitrogens with two attached hydrogens (primary N) is 1. The average Bonchev–Trinajstić information content (AvgIpc) is 2.88. The number of hydrogen-bond donors (Lipinski definition) is 2. The van der Waals surface area contributed by atoms with Gasteiger partial charge in [0.2, 0.25) is 0 Å². The van der Waals surface area contributed by atoms with E-state index in [0.717, 1.165) is 37.7 Å². The van der Waals surface area contributed by atoms with E-state index in [-0.39, 0.29) is 5.41 Å². The summed E-state index contributed by atoms with van der Waals surface area (Å²) < 4.78 is 5.59. The Bertz CT molecular complexity index is 454. The standard InChI is InChI=1S/C16H23NO2/c17-11-15(9-10-19-12-15)16(18)8-4-3-6-13-5-1-2-7-14(13)16/h1-2,5,7,18H,3-4,6,8-12,17H2. The van der Waals surface area contributed by atoms with Crippen molar-refractivity contribution in [3.63, 3.8) is 0 Å². The Labute approximate surface area is 114 Å². The molecule has 0 bridgehead atoms. The molecule has 1 heterocycles. The number of fused-ring (bicyclic) bond motifs is 1. The third-order valence-electron chi connectivity index (χ3n) is 5.07. The van der Waals surface area contributed by atoms with Crippen LogP contribution in [0.3, 0.4) is 0 Å². The number of benzene rings is 1. The summed E-state index contributed by atoms with van der Waals surface area (Å²) in [4.78, 5) is 0. The van der Waals surface area contributed by atoms with Gasteiger partial charge in [0.15, 0.2) is 0 Å². The zero-order chi connectivity index (χ0) is 13.3. The van der Waals surface area contributed by atoms with E-state index in [4.69, 9.17) is 10.5 Å². The Balaban J connectivity index is 2.11. The molecular formula is C16H23NO2. The molecule has 1 aromatic carbocycles. The van der Waals surface area contributed by atoms with Crippen LogP contribution in [0.1, 0.15) is 36.8 Å². The van der Waals surface area contributed by atoms with E-state index >= 15 is 0 Å². The molecule has 0 saturated carbocycles. The molecule has 0 spiro atoms. The maximum atomic E-state index is 11.5. The quantitative estimate of drug-likeness (QED) is 0.800. The van der Waals surface area contributed by atoms with Crippen LogP contribution in [0.15, 0.2) is 24.3 Å². The first kappa shape index (κ1) is 13.1. The molecule has 1 aliphatic carbocycles. The van der Waals surface area contributed by atoms with Crippen LogP contribution < -0.4 is 5.73 Å². The molecule has 0 radical (unpaired) electrons. The summed E-state index contributed by atoms with van der Waals surface area (Å²) in [5, 5.41) is 11.5. The van der Waals surface area contributed by atoms with Crippen LogP contribution in [-0.2, 0) is 16.8 Å². The van der Waals surface area contributed by atoms with Gasteiger partial charge in [0, 0.05) is 18.6 Å². The van der Waals surface area contributed by atoms with Gasteiger partial charge >= 0.3 is 0 Å². The number of aryl methyl sites for hydroxylation is 1. The summed E-state index contributed by atoms with van der Waals surface area (Å²) in [6, 6.07) is 8.31. The van der Waals surface area contributed by atoms with Crippen molar-refractivity contribution < 1.29 is 9.84 Å². The lowest BCUT2D eigenvalue weighted by atomic mass is 9.65. The first-order valence-electron chi connectivity index (χ1n) is 7.30. The van der Waals surface area contributed by atoms with Gasteiger partial charge in [-0.2, -0.15) is 0 Å². The molecule has 1 aliphatic heterocycles. The van der Waals surface area contributed by atoms with Crippen LogP contribution in [-0.4, -0.2) is 24.9 Å². The van der Waals surface area contributed by atoms with Crippen LogP contribution in [0.2, 0.25) is 0 Å². The zero-order valence-electron chi connectivity index (χ0n) is 11.4. The molecule has 104 valence electrons. The second-order valence-corrected chi connectivity index (χ2v) is 6.01. The number of rotatable bonds is 2. The Morgan fingerprint density at radius 2 is 2.05 bits per heavy atom. The Kier molecular flexibility index (Phi) is 3.37. The van der Waals surface area contributed by atoms with Crippen molar-refractivity contribution in [3.8, 4) is 0 Å². The molecular weight excluding hydrogens is 238 g/mol. The van der Waals surface area contributed by atoms with E-state index in [1.165, 1.54) is 5.56 Å². The Morgan fingerprint density at radius 1 is 1.21 bits per heavy atom. The van der Waals surface area contributed by atoms with Crippen molar-refractivity contribution >= 4 is 0 Å². The summed E-state index contributed by atoms with van der Waals surface area (Å²) in [6.07, 6.45) is 4.90. The fourth-order valence-corrected chi connectivity index (χ4v) is 3.79. The monoisotopic (exact) mass is 261 g/mol. The molecule has 1 saturated heterocycles. The van der Waals surface area contributed by atoms with Gasteiger partial charge in [-0.15, -0.1) is 0 Å². The van der Waals surface area contributed by atoms with E-state index in [1.54, 1.807) is 0 Å². The predicted octanol–water partition coefficient (Wildman–Crippen LogP) is 1.97. The highest BCUT2D eigenvalue weighted by atomic mass is 16.5. The smallest absolute Gasteiger partial charge is 0.0990 e. The highest BCUT2D eigenvalue weighted by molar-refractivity contribution is 5.36. The molecule has 0 amide bonds. The Morgan fingerprint density at radius 3 is 2.79 bits per heavy atom. The topological polar surface area (TPSA) is 55.5 Å². The molecule has 3 N–H and O–H groups in total. The Hall–Kier alpha value is -0.900. The van der Waals surface area contributed by atoms with E-state index < -0.39 is 5.60 Å². The van der Waals surface area contributed by atoms with Gasteiger partial charge in [-0.05, 0) is 43.2 Å². The lowest BCUT2D eigenvalue weighted by Gasteiger charge is -2.44. The maximum absolute atomic E-state index is 11.5. The largest absolute Gasteiger partial charge is 0.384 e. The summed E-state index contributed by atoms with van der Waals surface area (Å²) in [6.45, 7) is 1.77. The number of ether oxygens (including phenoxy) is 1. The predicted molar refractivity (Wildman–Crippen MR) is 74.8 cm³/mol. The van der Waals surface area contributed by atoms with Gasteiger partial charge in [-0.3, -0.25) is 0 Å². The minimum atomic E-state index is -0.828. The van der Waals surface area contributed by atoms with Crippen LogP contribution in [0.25, 0.3) is 0 Å². The second kappa shape index (κ2) is 4.89. The van der Waals surface area contributed by atoms with Crippen molar-refractivity contribution in [2.75, 3.05) is 19.8 Å². The van der Waals surface area contributed by atoms with Crippen LogP contribution in [0.5, 0.6) is 0 Å². The SMILES string of the molecule is NCC1(C2(O)CCCCc3ccccc32)CCOC1. The van der Waals surface area contributed by atoms with Crippen molar-refractivity contribution in [3.05, 3.63) is 35.4 Å². The van der Waals surface area contributed by atoms with Gasteiger partial charge in [0.05, 0.1) is 12.2 Å². The highest BCUT2D eigenvalue weighted by Gasteiger charge is 2.53. The van der Waals surface area contributed by atoms with Crippen LogP contribution >= 0.6 is 0 Å². The highest BCUT2D eigenvalue weighted by Crippen LogP contribution is 2.50. The minimum Gasteiger partial charge on any atom is -0.384 e. The van der Waals surface area contributed by atoms with Crippen LogP contribution in [0, 0.1) is 5.41 Å². The van der Waals surface area contributed by atoms with Crippen molar-refractivity contribution in [2.24, 2.45) is 11.1 Å². The summed E-state index contributed by atoms with van der Waals surface area (Å²) >= 11 is 0. The zero-order valence-corrected chi connectivity index (χ0v) is 11.4. The van der Waals surface area contributed by atoms with Crippen LogP contribution in [0.4, 0.5) is 0 Å². The second-order valence-electron chi connectivity index (χ2n) is 6.01. The summed E-state index contributed by atoms with van der Waals surface area (Å²) in [5.74, 6) is 0. The lowest BCUT2D eigenvalue weighted by molar-refractivity contribution is -0.0962.